The Morgan fingerprint density at radius 2 is 1.84 bits per heavy atom. The molecular formula is C17H19N5O3. The van der Waals surface area contributed by atoms with Gasteiger partial charge in [0.25, 0.3) is 5.56 Å². The average Bonchev–Trinajstić information content (AvgIpc) is 2.62. The van der Waals surface area contributed by atoms with Gasteiger partial charge >= 0.3 is 6.09 Å². The van der Waals surface area contributed by atoms with E-state index in [2.05, 4.69) is 15.3 Å². The van der Waals surface area contributed by atoms with Gasteiger partial charge in [-0.25, -0.2) is 9.78 Å². The van der Waals surface area contributed by atoms with E-state index in [4.69, 9.17) is 5.11 Å². The minimum Gasteiger partial charge on any atom is -0.465 e. The summed E-state index contributed by atoms with van der Waals surface area (Å²) < 4.78 is 1.65. The Bertz CT molecular complexity index is 856. The number of nitrogens with zero attached hydrogens (tertiary/aromatic N) is 4. The fourth-order valence-corrected chi connectivity index (χ4v) is 3.61. The molecule has 2 aliphatic heterocycles. The maximum Gasteiger partial charge on any atom is 0.407 e. The van der Waals surface area contributed by atoms with E-state index in [-0.39, 0.29) is 11.1 Å². The summed E-state index contributed by atoms with van der Waals surface area (Å²) in [7, 11) is 0. The van der Waals surface area contributed by atoms with E-state index < -0.39 is 6.09 Å². The number of amides is 1. The molecule has 0 saturated carbocycles. The zero-order chi connectivity index (χ0) is 17.4. The van der Waals surface area contributed by atoms with Crippen molar-refractivity contribution >= 4 is 12.0 Å². The standard InChI is InChI=1S/C17H19N5O3/c23-14-11-13(12-1-6-18-7-2-12)19-15-20-17(5-10-22(14)15)3-8-21(9-4-17)16(24)25/h1-2,6-7,11H,3-5,8-10H2,(H,19,20)(H,24,25). The number of nitrogens with one attached hydrogen (secondary N) is 1. The van der Waals surface area contributed by atoms with Crippen molar-refractivity contribution in [3.8, 4) is 11.3 Å². The predicted molar refractivity (Wildman–Crippen MR) is 91.5 cm³/mol. The number of fused-ring (bicyclic) bond motifs is 1. The molecule has 0 bridgehead atoms. The van der Waals surface area contributed by atoms with Crippen molar-refractivity contribution in [2.45, 2.75) is 31.3 Å². The third-order valence-electron chi connectivity index (χ3n) is 5.17. The number of anilines is 1. The molecule has 130 valence electrons. The molecule has 1 fully saturated rings. The van der Waals surface area contributed by atoms with Crippen molar-refractivity contribution in [3.63, 3.8) is 0 Å². The maximum atomic E-state index is 12.5. The molecule has 0 radical (unpaired) electrons. The minimum atomic E-state index is -0.875. The first-order chi connectivity index (χ1) is 12.1. The van der Waals surface area contributed by atoms with Gasteiger partial charge in [0.05, 0.1) is 5.69 Å². The molecule has 4 heterocycles. The van der Waals surface area contributed by atoms with Crippen molar-refractivity contribution in [1.82, 2.24) is 19.4 Å². The van der Waals surface area contributed by atoms with Gasteiger partial charge in [-0.05, 0) is 31.4 Å². The van der Waals surface area contributed by atoms with Crippen LogP contribution in [0.15, 0.2) is 35.4 Å². The van der Waals surface area contributed by atoms with E-state index in [1.165, 1.54) is 4.90 Å². The highest BCUT2D eigenvalue weighted by Crippen LogP contribution is 2.33. The van der Waals surface area contributed by atoms with Crippen LogP contribution in [0.25, 0.3) is 11.3 Å². The Labute approximate surface area is 144 Å². The van der Waals surface area contributed by atoms with Gasteiger partial charge in [-0.1, -0.05) is 0 Å². The lowest BCUT2D eigenvalue weighted by atomic mass is 9.83. The molecule has 8 heteroatoms. The molecule has 4 rings (SSSR count). The average molecular weight is 341 g/mol. The van der Waals surface area contributed by atoms with Crippen molar-refractivity contribution in [2.75, 3.05) is 18.4 Å². The second kappa shape index (κ2) is 5.87. The molecule has 1 saturated heterocycles. The molecule has 1 amide bonds. The van der Waals surface area contributed by atoms with E-state index in [0.717, 1.165) is 12.0 Å². The van der Waals surface area contributed by atoms with E-state index >= 15 is 0 Å². The number of hydrogen-bond donors (Lipinski definition) is 2. The molecule has 25 heavy (non-hydrogen) atoms. The highest BCUT2D eigenvalue weighted by Gasteiger charge is 2.39. The quantitative estimate of drug-likeness (QED) is 0.818. The van der Waals surface area contributed by atoms with Crippen LogP contribution in [-0.4, -0.2) is 49.3 Å². The summed E-state index contributed by atoms with van der Waals surface area (Å²) >= 11 is 0. The van der Waals surface area contributed by atoms with Gasteiger partial charge in [0.15, 0.2) is 0 Å². The lowest BCUT2D eigenvalue weighted by Crippen LogP contribution is -2.54. The van der Waals surface area contributed by atoms with E-state index in [0.29, 0.717) is 44.1 Å². The van der Waals surface area contributed by atoms with Crippen molar-refractivity contribution < 1.29 is 9.90 Å². The van der Waals surface area contributed by atoms with E-state index in [9.17, 15) is 9.59 Å². The summed E-state index contributed by atoms with van der Waals surface area (Å²) in [5.41, 5.74) is 1.19. The zero-order valence-electron chi connectivity index (χ0n) is 13.7. The van der Waals surface area contributed by atoms with Gasteiger partial charge in [-0.3, -0.25) is 14.3 Å². The van der Waals surface area contributed by atoms with Crippen LogP contribution in [0.5, 0.6) is 0 Å². The predicted octanol–water partition coefficient (Wildman–Crippen LogP) is 1.63. The summed E-state index contributed by atoms with van der Waals surface area (Å²) in [6, 6.07) is 5.19. The topological polar surface area (TPSA) is 100 Å². The van der Waals surface area contributed by atoms with Crippen LogP contribution in [0.3, 0.4) is 0 Å². The number of carboxylic acid groups (broad SMARTS) is 1. The highest BCUT2D eigenvalue weighted by atomic mass is 16.4. The van der Waals surface area contributed by atoms with Crippen molar-refractivity contribution in [2.24, 2.45) is 0 Å². The third-order valence-corrected chi connectivity index (χ3v) is 5.17. The summed E-state index contributed by atoms with van der Waals surface area (Å²) in [6.45, 7) is 1.59. The van der Waals surface area contributed by atoms with Crippen LogP contribution >= 0.6 is 0 Å². The Balaban J connectivity index is 1.63. The number of pyridine rings is 1. The highest BCUT2D eigenvalue weighted by molar-refractivity contribution is 5.65. The Morgan fingerprint density at radius 1 is 1.16 bits per heavy atom. The van der Waals surface area contributed by atoms with Gasteiger partial charge in [0, 0.05) is 49.2 Å². The Morgan fingerprint density at radius 3 is 2.52 bits per heavy atom. The molecule has 8 nitrogen and oxygen atoms in total. The van der Waals surface area contributed by atoms with E-state index in [1.54, 1.807) is 23.0 Å². The van der Waals surface area contributed by atoms with Gasteiger partial charge in [0.1, 0.15) is 0 Å². The van der Waals surface area contributed by atoms with Crippen LogP contribution < -0.4 is 10.9 Å². The number of carbonyl (C=O) groups is 1. The van der Waals surface area contributed by atoms with E-state index in [1.807, 2.05) is 12.1 Å². The maximum absolute atomic E-state index is 12.5. The minimum absolute atomic E-state index is 0.0814. The summed E-state index contributed by atoms with van der Waals surface area (Å²) in [6.07, 6.45) is 4.70. The first kappa shape index (κ1) is 15.6. The molecule has 2 aromatic rings. The van der Waals surface area contributed by atoms with Gasteiger partial charge in [-0.2, -0.15) is 0 Å². The molecule has 0 atom stereocenters. The first-order valence-electron chi connectivity index (χ1n) is 8.35. The summed E-state index contributed by atoms with van der Waals surface area (Å²) in [5, 5.41) is 12.6. The zero-order valence-corrected chi connectivity index (χ0v) is 13.7. The van der Waals surface area contributed by atoms with Gasteiger partial charge < -0.3 is 15.3 Å². The SMILES string of the molecule is O=C(O)N1CCC2(CC1)CCn1c(nc(-c3ccncc3)cc1=O)N2. The fraction of sp³-hybridized carbons (Fsp3) is 0.412. The lowest BCUT2D eigenvalue weighted by Gasteiger charge is -2.44. The molecular weight excluding hydrogens is 322 g/mol. The van der Waals surface area contributed by atoms with Crippen LogP contribution in [0.2, 0.25) is 0 Å². The number of piperidine rings is 1. The third kappa shape index (κ3) is 2.84. The van der Waals surface area contributed by atoms with Gasteiger partial charge in [0.2, 0.25) is 5.95 Å². The molecule has 0 aromatic carbocycles. The number of likely N-dealkylation sites (tertiary alicyclic amines) is 1. The summed E-state index contributed by atoms with van der Waals surface area (Å²) in [4.78, 5) is 33.6. The van der Waals surface area contributed by atoms with Crippen molar-refractivity contribution in [3.05, 3.63) is 40.9 Å². The first-order valence-corrected chi connectivity index (χ1v) is 8.35. The Hall–Kier alpha value is -2.90. The normalized spacial score (nSPS) is 18.5. The largest absolute Gasteiger partial charge is 0.465 e. The van der Waals surface area contributed by atoms with Crippen LogP contribution in [0, 0.1) is 0 Å². The summed E-state index contributed by atoms with van der Waals surface area (Å²) in [5.74, 6) is 0.564. The molecule has 0 unspecified atom stereocenters. The monoisotopic (exact) mass is 341 g/mol. The molecule has 0 aliphatic carbocycles. The number of aromatic nitrogens is 3. The van der Waals surface area contributed by atoms with Crippen LogP contribution in [-0.2, 0) is 6.54 Å². The van der Waals surface area contributed by atoms with Crippen molar-refractivity contribution in [1.29, 1.82) is 0 Å². The smallest absolute Gasteiger partial charge is 0.407 e. The molecule has 2 aliphatic rings. The second-order valence-corrected chi connectivity index (χ2v) is 6.62. The molecule has 1 spiro atoms. The molecule has 2 N–H and O–H groups in total. The van der Waals surface area contributed by atoms with Crippen LogP contribution in [0.1, 0.15) is 19.3 Å². The number of rotatable bonds is 1. The second-order valence-electron chi connectivity index (χ2n) is 6.62. The molecule has 2 aromatic heterocycles. The fourth-order valence-electron chi connectivity index (χ4n) is 3.61. The Kier molecular flexibility index (Phi) is 3.67. The number of hydrogen-bond acceptors (Lipinski definition) is 5. The van der Waals surface area contributed by atoms with Gasteiger partial charge in [-0.15, -0.1) is 0 Å². The lowest BCUT2D eigenvalue weighted by molar-refractivity contribution is 0.116. The van der Waals surface area contributed by atoms with Crippen LogP contribution in [0.4, 0.5) is 10.7 Å².